The van der Waals surface area contributed by atoms with Crippen molar-refractivity contribution in [3.05, 3.63) is 119 Å². The first kappa shape index (κ1) is 34.1. The number of methoxy groups -OCH3 is 2. The molecule has 0 aliphatic rings. The molecule has 10 heteroatoms. The van der Waals surface area contributed by atoms with Crippen LogP contribution in [0.5, 0.6) is 11.5 Å². The van der Waals surface area contributed by atoms with E-state index in [0.29, 0.717) is 12.3 Å². The lowest BCUT2D eigenvalue weighted by Gasteiger charge is -2.34. The predicted molar refractivity (Wildman–Crippen MR) is 180 cm³/mol. The summed E-state index contributed by atoms with van der Waals surface area (Å²) >= 11 is 0. The molecule has 0 fully saturated rings. The van der Waals surface area contributed by atoms with Gasteiger partial charge in [0.25, 0.3) is 10.0 Å². The smallest absolute Gasteiger partial charge is 0.264 e. The molecular formula is C36H41N3O6S. The molecule has 0 spiro atoms. The number of anilines is 1. The van der Waals surface area contributed by atoms with Gasteiger partial charge in [0, 0.05) is 25.6 Å². The highest BCUT2D eigenvalue weighted by Crippen LogP contribution is 2.36. The molecule has 0 heterocycles. The molecule has 0 radical (unpaired) electrons. The average Bonchev–Trinajstić information content (AvgIpc) is 3.05. The molecule has 9 nitrogen and oxygen atoms in total. The lowest BCUT2D eigenvalue weighted by atomic mass is 10.0. The topological polar surface area (TPSA) is 105 Å². The molecule has 242 valence electrons. The van der Waals surface area contributed by atoms with Crippen LogP contribution in [0.3, 0.4) is 0 Å². The average molecular weight is 644 g/mol. The number of benzene rings is 4. The number of carbonyl (C=O) groups excluding carboxylic acids is 2. The molecule has 0 saturated heterocycles. The second-order valence-corrected chi connectivity index (χ2v) is 12.8. The number of hydrogen-bond acceptors (Lipinski definition) is 6. The second-order valence-electron chi connectivity index (χ2n) is 11.0. The van der Waals surface area contributed by atoms with Crippen LogP contribution in [0.1, 0.15) is 29.2 Å². The van der Waals surface area contributed by atoms with E-state index in [1.807, 2.05) is 75.4 Å². The van der Waals surface area contributed by atoms with Gasteiger partial charge in [-0.15, -0.1) is 0 Å². The zero-order chi connectivity index (χ0) is 33.3. The van der Waals surface area contributed by atoms with E-state index in [2.05, 4.69) is 5.32 Å². The summed E-state index contributed by atoms with van der Waals surface area (Å²) in [6, 6.07) is 27.4. The van der Waals surface area contributed by atoms with E-state index >= 15 is 0 Å². The molecule has 0 aliphatic carbocycles. The number of ether oxygens (including phenoxy) is 2. The monoisotopic (exact) mass is 643 g/mol. The van der Waals surface area contributed by atoms with Gasteiger partial charge in [0.05, 0.1) is 24.8 Å². The van der Waals surface area contributed by atoms with Gasteiger partial charge in [-0.2, -0.15) is 0 Å². The minimum Gasteiger partial charge on any atom is -0.497 e. The normalized spacial score (nSPS) is 11.8. The number of sulfonamides is 1. The molecule has 0 saturated carbocycles. The fourth-order valence-corrected chi connectivity index (χ4v) is 6.61. The van der Waals surface area contributed by atoms with Crippen molar-refractivity contribution in [2.24, 2.45) is 0 Å². The molecule has 4 rings (SSSR count). The molecule has 0 unspecified atom stereocenters. The van der Waals surface area contributed by atoms with Gasteiger partial charge in [-0.25, -0.2) is 8.42 Å². The van der Waals surface area contributed by atoms with E-state index in [4.69, 9.17) is 9.47 Å². The first-order chi connectivity index (χ1) is 22.1. The third kappa shape index (κ3) is 8.25. The summed E-state index contributed by atoms with van der Waals surface area (Å²) in [6.45, 7) is 5.48. The highest BCUT2D eigenvalue weighted by atomic mass is 32.2. The summed E-state index contributed by atoms with van der Waals surface area (Å²) in [5, 5.41) is 2.88. The Morgan fingerprint density at radius 2 is 1.50 bits per heavy atom. The molecule has 4 aromatic rings. The van der Waals surface area contributed by atoms with E-state index in [0.717, 1.165) is 26.6 Å². The quantitative estimate of drug-likeness (QED) is 0.200. The number of carbonyl (C=O) groups is 2. The Labute approximate surface area is 271 Å². The maximum Gasteiger partial charge on any atom is 0.264 e. The summed E-state index contributed by atoms with van der Waals surface area (Å²) in [7, 11) is -1.40. The van der Waals surface area contributed by atoms with Crippen LogP contribution in [0.15, 0.2) is 102 Å². The van der Waals surface area contributed by atoms with Crippen LogP contribution in [0.2, 0.25) is 0 Å². The van der Waals surface area contributed by atoms with Gasteiger partial charge in [0.1, 0.15) is 24.1 Å². The van der Waals surface area contributed by atoms with Crippen molar-refractivity contribution in [2.75, 3.05) is 31.6 Å². The minimum absolute atomic E-state index is 0.00516. The Morgan fingerprint density at radius 1 is 0.804 bits per heavy atom. The number of nitrogens with zero attached hydrogens (tertiary/aromatic N) is 2. The Balaban J connectivity index is 1.86. The van der Waals surface area contributed by atoms with Crippen molar-refractivity contribution < 1.29 is 27.5 Å². The van der Waals surface area contributed by atoms with Crippen LogP contribution in [-0.2, 0) is 32.6 Å². The molecule has 0 aliphatic heterocycles. The van der Waals surface area contributed by atoms with Gasteiger partial charge >= 0.3 is 0 Å². The number of nitrogens with one attached hydrogen (secondary N) is 1. The number of hydrogen-bond donors (Lipinski definition) is 1. The predicted octanol–water partition coefficient (Wildman–Crippen LogP) is 5.29. The lowest BCUT2D eigenvalue weighted by Crippen LogP contribution is -2.53. The molecule has 2 amide bonds. The molecule has 1 N–H and O–H groups in total. The summed E-state index contributed by atoms with van der Waals surface area (Å²) in [4.78, 5) is 29.8. The summed E-state index contributed by atoms with van der Waals surface area (Å²) in [6.07, 6.45) is 0.234. The highest BCUT2D eigenvalue weighted by Gasteiger charge is 2.35. The van der Waals surface area contributed by atoms with Crippen molar-refractivity contribution in [1.29, 1.82) is 0 Å². The molecule has 0 aromatic heterocycles. The highest BCUT2D eigenvalue weighted by molar-refractivity contribution is 7.92. The van der Waals surface area contributed by atoms with Crippen LogP contribution in [0.4, 0.5) is 5.69 Å². The Hall–Kier alpha value is -4.83. The largest absolute Gasteiger partial charge is 0.497 e. The lowest BCUT2D eigenvalue weighted by molar-refractivity contribution is -0.140. The van der Waals surface area contributed by atoms with Gasteiger partial charge in [0.15, 0.2) is 0 Å². The fraction of sp³-hybridized carbons (Fsp3) is 0.278. The van der Waals surface area contributed by atoms with Gasteiger partial charge in [-0.3, -0.25) is 13.9 Å². The summed E-state index contributed by atoms with van der Waals surface area (Å²) in [5.74, 6) is -0.277. The van der Waals surface area contributed by atoms with E-state index in [1.165, 1.54) is 37.3 Å². The zero-order valence-corrected chi connectivity index (χ0v) is 27.7. The molecule has 46 heavy (non-hydrogen) atoms. The number of rotatable bonds is 14. The number of amides is 2. The van der Waals surface area contributed by atoms with Crippen LogP contribution < -0.4 is 19.1 Å². The first-order valence-electron chi connectivity index (χ1n) is 15.1. The van der Waals surface area contributed by atoms with Gasteiger partial charge in [-0.05, 0) is 56.2 Å². The second kappa shape index (κ2) is 15.4. The first-order valence-corrected chi connectivity index (χ1v) is 16.5. The van der Waals surface area contributed by atoms with E-state index in [1.54, 1.807) is 24.3 Å². The van der Waals surface area contributed by atoms with Crippen LogP contribution in [0.25, 0.3) is 0 Å². The maximum absolute atomic E-state index is 14.6. The van der Waals surface area contributed by atoms with Crippen LogP contribution in [0, 0.1) is 13.8 Å². The van der Waals surface area contributed by atoms with E-state index in [-0.39, 0.29) is 35.2 Å². The number of aryl methyl sites for hydroxylation is 2. The maximum atomic E-state index is 14.6. The standard InChI is InChI=1S/C36H41N3O6S/c1-6-37-36(41)33(22-28-12-8-7-9-13-28)38(24-29-14-10-11-27(3)21-29)35(40)25-39(32-23-30(44-4)17-20-34(32)45-5)46(42,43)31-18-15-26(2)16-19-31/h7-21,23,33H,6,22,24-25H2,1-5H3,(H,37,41)/t33-/m1/s1. The zero-order valence-electron chi connectivity index (χ0n) is 26.9. The molecule has 0 bridgehead atoms. The van der Waals surface area contributed by atoms with E-state index < -0.39 is 28.5 Å². The van der Waals surface area contributed by atoms with Gasteiger partial charge in [-0.1, -0.05) is 77.9 Å². The minimum atomic E-state index is -4.30. The van der Waals surface area contributed by atoms with Crippen molar-refractivity contribution in [1.82, 2.24) is 10.2 Å². The SMILES string of the molecule is CCNC(=O)[C@@H](Cc1ccccc1)N(Cc1cccc(C)c1)C(=O)CN(c1cc(OC)ccc1OC)S(=O)(=O)c1ccc(C)cc1. The Bertz CT molecular complexity index is 1740. The Kier molecular flexibility index (Phi) is 11.4. The van der Waals surface area contributed by atoms with Crippen LogP contribution >= 0.6 is 0 Å². The number of likely N-dealkylation sites (N-methyl/N-ethyl adjacent to an activating group) is 1. The van der Waals surface area contributed by atoms with Crippen molar-refractivity contribution in [2.45, 2.75) is 44.7 Å². The molecular weight excluding hydrogens is 602 g/mol. The van der Waals surface area contributed by atoms with Crippen molar-refractivity contribution >= 4 is 27.5 Å². The van der Waals surface area contributed by atoms with E-state index in [9.17, 15) is 18.0 Å². The summed E-state index contributed by atoms with van der Waals surface area (Å²) < 4.78 is 40.7. The fourth-order valence-electron chi connectivity index (χ4n) is 5.20. The van der Waals surface area contributed by atoms with Crippen molar-refractivity contribution in [3.63, 3.8) is 0 Å². The third-order valence-corrected chi connectivity index (χ3v) is 9.37. The van der Waals surface area contributed by atoms with Crippen LogP contribution in [-0.4, -0.2) is 58.5 Å². The molecule has 1 atom stereocenters. The van der Waals surface area contributed by atoms with Gasteiger partial charge in [0.2, 0.25) is 11.8 Å². The Morgan fingerprint density at radius 3 is 2.13 bits per heavy atom. The molecule has 4 aromatic carbocycles. The summed E-state index contributed by atoms with van der Waals surface area (Å²) in [5.41, 5.74) is 3.67. The van der Waals surface area contributed by atoms with Gasteiger partial charge < -0.3 is 19.7 Å². The third-order valence-electron chi connectivity index (χ3n) is 7.60. The van der Waals surface area contributed by atoms with Crippen molar-refractivity contribution in [3.8, 4) is 11.5 Å².